The molecule has 1 aromatic carbocycles. The van der Waals surface area contributed by atoms with Gasteiger partial charge in [0, 0.05) is 32.1 Å². The number of carbonyl (C=O) groups is 4. The van der Waals surface area contributed by atoms with E-state index < -0.39 is 36.2 Å². The highest BCUT2D eigenvalue weighted by Gasteiger charge is 2.24. The summed E-state index contributed by atoms with van der Waals surface area (Å²) in [4.78, 5) is 49.5. The number of rotatable bonds is 23. The van der Waals surface area contributed by atoms with Crippen LogP contribution in [0.2, 0.25) is 0 Å². The highest BCUT2D eigenvalue weighted by Crippen LogP contribution is 2.17. The van der Waals surface area contributed by atoms with Gasteiger partial charge >= 0.3 is 17.9 Å². The SMILES string of the molecule is C.C.C.C.C.C.C.C.C.C.C.C.C.C.C.C.C.C.C.C.C.C.C.C.C.C.C.C.C.C.CC=CCC(CC(=O)OC(CC=CCCC)CC(C)=O)OC(=O)CC(C)OC(=O)CC(CCSCc1ccccc1)OC. The summed E-state index contributed by atoms with van der Waals surface area (Å²) in [5, 5.41) is 0. The Morgan fingerprint density at radius 1 is 0.493 bits per heavy atom. The molecule has 0 bridgehead atoms. The van der Waals surface area contributed by atoms with Crippen LogP contribution in [-0.4, -0.2) is 61.0 Å². The molecule has 0 saturated carbocycles. The highest BCUT2D eigenvalue weighted by atomic mass is 32.2. The average Bonchev–Trinajstić information content (AvgIpc) is 2.95. The van der Waals surface area contributed by atoms with E-state index in [0.29, 0.717) is 19.3 Å². The smallest absolute Gasteiger partial charge is 0.309 e. The lowest BCUT2D eigenvalue weighted by atomic mass is 10.1. The van der Waals surface area contributed by atoms with Crippen LogP contribution in [0.15, 0.2) is 54.6 Å². The lowest BCUT2D eigenvalue weighted by Gasteiger charge is -2.20. The summed E-state index contributed by atoms with van der Waals surface area (Å²) >= 11 is 1.78. The fourth-order valence-electron chi connectivity index (χ4n) is 4.16. The number of hydrogen-bond acceptors (Lipinski definition) is 9. The molecule has 0 amide bonds. The minimum absolute atomic E-state index is 0. The zero-order valence-electron chi connectivity index (χ0n) is 26.5. The molecule has 0 heterocycles. The van der Waals surface area contributed by atoms with Gasteiger partial charge in [0.15, 0.2) is 0 Å². The number of methoxy groups -OCH3 is 1. The molecule has 0 aliphatic heterocycles. The molecule has 1 aromatic rings. The molecule has 0 spiro atoms. The summed E-state index contributed by atoms with van der Waals surface area (Å²) in [6, 6.07) is 10.2. The van der Waals surface area contributed by atoms with E-state index in [0.717, 1.165) is 24.3 Å². The van der Waals surface area contributed by atoms with Crippen molar-refractivity contribution in [2.45, 2.75) is 338 Å². The van der Waals surface area contributed by atoms with Gasteiger partial charge in [-0.15, -0.1) is 0 Å². The van der Waals surface area contributed by atoms with Crippen molar-refractivity contribution >= 4 is 35.5 Å². The molecule has 9 heteroatoms. The standard InChI is InChI=1S/C34H50O8S.30CH4/c1-6-8-10-14-18-30(21-26(3)35)41-34(38)24-31(17-9-7-2)42-32(36)22-27(4)40-33(37)23-29(39-5)19-20-43-25-28-15-12-11-13-16-28;;;;;;;;;;;;;;;;;;;;;;;;;;;;;;/h7,9-16,27,29-31H,6,8,17-25H2,1-5H3;30*1H4. The van der Waals surface area contributed by atoms with Gasteiger partial charge in [0.2, 0.25) is 0 Å². The minimum Gasteiger partial charge on any atom is -0.462 e. The highest BCUT2D eigenvalue weighted by molar-refractivity contribution is 7.98. The van der Waals surface area contributed by atoms with Crippen LogP contribution in [0.4, 0.5) is 0 Å². The molecular formula is C64H170O8S. The average molecular weight is 1100 g/mol. The van der Waals surface area contributed by atoms with Crippen molar-refractivity contribution in [3.63, 3.8) is 0 Å². The van der Waals surface area contributed by atoms with E-state index in [4.69, 9.17) is 18.9 Å². The van der Waals surface area contributed by atoms with Crippen LogP contribution in [0.5, 0.6) is 0 Å². The number of esters is 3. The van der Waals surface area contributed by atoms with Crippen molar-refractivity contribution in [3.8, 4) is 0 Å². The topological polar surface area (TPSA) is 105 Å². The van der Waals surface area contributed by atoms with Crippen LogP contribution in [0, 0.1) is 0 Å². The Balaban J connectivity index is -0.0000000220. The third-order valence-electron chi connectivity index (χ3n) is 6.37. The first-order chi connectivity index (χ1) is 20.7. The van der Waals surface area contributed by atoms with Gasteiger partial charge < -0.3 is 18.9 Å². The van der Waals surface area contributed by atoms with E-state index in [1.165, 1.54) is 12.5 Å². The predicted octanol–water partition coefficient (Wildman–Crippen LogP) is 26.0. The first-order valence-corrected chi connectivity index (χ1v) is 16.3. The number of carbonyl (C=O) groups excluding carboxylic acids is 4. The Labute approximate surface area is 483 Å². The summed E-state index contributed by atoms with van der Waals surface area (Å²) in [6.45, 7) is 6.99. The number of hydrogen-bond donors (Lipinski definition) is 0. The molecule has 73 heavy (non-hydrogen) atoms. The van der Waals surface area contributed by atoms with E-state index in [2.05, 4.69) is 19.1 Å². The Kier molecular flexibility index (Phi) is 379. The Bertz CT molecular complexity index is 1010. The van der Waals surface area contributed by atoms with Gasteiger partial charge in [0.05, 0.1) is 25.4 Å². The molecule has 4 unspecified atom stereocenters. The van der Waals surface area contributed by atoms with E-state index >= 15 is 0 Å². The van der Waals surface area contributed by atoms with Crippen LogP contribution in [0.1, 0.15) is 314 Å². The molecule has 0 N–H and O–H groups in total. The molecular weight excluding hydrogens is 929 g/mol. The molecule has 0 aromatic heterocycles. The number of ether oxygens (including phenoxy) is 4. The second-order valence-corrected chi connectivity index (χ2v) is 11.6. The Morgan fingerprint density at radius 3 is 1.22 bits per heavy atom. The number of Topliss-reactive ketones (excluding diaryl/α,β-unsaturated/α-hetero) is 1. The number of allylic oxidation sites excluding steroid dienone is 2. The maximum absolute atomic E-state index is 12.7. The van der Waals surface area contributed by atoms with Crippen LogP contribution in [0.25, 0.3) is 0 Å². The van der Waals surface area contributed by atoms with Gasteiger partial charge in [-0.3, -0.25) is 19.2 Å². The summed E-state index contributed by atoms with van der Waals surface area (Å²) in [5.74, 6) is 0.0993. The van der Waals surface area contributed by atoms with E-state index in [-0.39, 0.29) is 260 Å². The van der Waals surface area contributed by atoms with Gasteiger partial charge in [-0.05, 0) is 44.9 Å². The second kappa shape index (κ2) is 133. The quantitative estimate of drug-likeness (QED) is 0.0458. The monoisotopic (exact) mass is 1100 g/mol. The van der Waals surface area contributed by atoms with Crippen molar-refractivity contribution in [2.24, 2.45) is 0 Å². The normalized spacial score (nSPS) is 8.40. The molecule has 480 valence electrons. The molecule has 0 radical (unpaired) electrons. The molecule has 0 fully saturated rings. The van der Waals surface area contributed by atoms with Crippen molar-refractivity contribution in [1.29, 1.82) is 0 Å². The van der Waals surface area contributed by atoms with Crippen LogP contribution < -0.4 is 0 Å². The molecule has 4 atom stereocenters. The summed E-state index contributed by atoms with van der Waals surface area (Å²) in [7, 11) is 1.57. The minimum atomic E-state index is -0.737. The number of ketones is 1. The molecule has 0 aliphatic rings. The van der Waals surface area contributed by atoms with Crippen molar-refractivity contribution in [3.05, 3.63) is 60.2 Å². The van der Waals surface area contributed by atoms with Gasteiger partial charge in [0.1, 0.15) is 24.1 Å². The third kappa shape index (κ3) is 115. The Morgan fingerprint density at radius 2 is 0.849 bits per heavy atom. The zero-order chi connectivity index (χ0) is 31.9. The number of thioether (sulfide) groups is 1. The maximum atomic E-state index is 12.7. The van der Waals surface area contributed by atoms with Crippen LogP contribution in [-0.2, 0) is 43.9 Å². The predicted molar refractivity (Wildman–Crippen MR) is 373 cm³/mol. The number of unbranched alkanes of at least 4 members (excludes halogenated alkanes) is 1. The van der Waals surface area contributed by atoms with Crippen molar-refractivity contribution in [1.82, 2.24) is 0 Å². The molecule has 0 saturated heterocycles. The third-order valence-corrected chi connectivity index (χ3v) is 7.43. The van der Waals surface area contributed by atoms with E-state index in [1.807, 2.05) is 37.3 Å². The number of benzene rings is 1. The lowest BCUT2D eigenvalue weighted by molar-refractivity contribution is -0.161. The molecule has 1 rings (SSSR count). The first-order valence-electron chi connectivity index (χ1n) is 15.1. The fourth-order valence-corrected chi connectivity index (χ4v) is 5.16. The fraction of sp³-hybridized carbons (Fsp3) is 0.781. The van der Waals surface area contributed by atoms with E-state index in [1.54, 1.807) is 37.9 Å². The zero-order valence-corrected chi connectivity index (χ0v) is 27.3. The summed E-state index contributed by atoms with van der Waals surface area (Å²) in [6.07, 6.45) is 8.59. The molecule has 8 nitrogen and oxygen atoms in total. The van der Waals surface area contributed by atoms with Crippen LogP contribution in [0.3, 0.4) is 0 Å². The largest absolute Gasteiger partial charge is 0.462 e. The Hall–Kier alpha value is -2.91. The van der Waals surface area contributed by atoms with Gasteiger partial charge in [-0.25, -0.2) is 0 Å². The van der Waals surface area contributed by atoms with Crippen molar-refractivity contribution < 1.29 is 38.1 Å². The van der Waals surface area contributed by atoms with Crippen LogP contribution >= 0.6 is 11.8 Å². The first kappa shape index (κ1) is 208. The summed E-state index contributed by atoms with van der Waals surface area (Å²) < 4.78 is 22.0. The maximum Gasteiger partial charge on any atom is 0.309 e. The lowest BCUT2D eigenvalue weighted by Crippen LogP contribution is -2.28. The van der Waals surface area contributed by atoms with E-state index in [9.17, 15) is 19.2 Å². The summed E-state index contributed by atoms with van der Waals surface area (Å²) in [5.41, 5.74) is 1.25. The van der Waals surface area contributed by atoms with Gasteiger partial charge in [-0.1, -0.05) is 291 Å². The second-order valence-electron chi connectivity index (χ2n) is 10.5. The van der Waals surface area contributed by atoms with Gasteiger partial charge in [-0.2, -0.15) is 11.8 Å². The van der Waals surface area contributed by atoms with Crippen molar-refractivity contribution in [2.75, 3.05) is 12.9 Å². The molecule has 0 aliphatic carbocycles. The van der Waals surface area contributed by atoms with Gasteiger partial charge in [0.25, 0.3) is 0 Å².